The number of para-hydroxylation sites is 1. The number of allylic oxidation sites excluding steroid dienone is 5. The molecular weight excluding hydrogens is 286 g/mol. The van der Waals surface area contributed by atoms with Gasteiger partial charge < -0.3 is 5.73 Å². The smallest absolute Gasteiger partial charge is 0.0783 e. The van der Waals surface area contributed by atoms with Crippen LogP contribution in [0.4, 0.5) is 5.69 Å². The van der Waals surface area contributed by atoms with E-state index in [-0.39, 0.29) is 0 Å². The van der Waals surface area contributed by atoms with E-state index in [0.717, 1.165) is 11.3 Å². The van der Waals surface area contributed by atoms with Crippen molar-refractivity contribution in [2.75, 3.05) is 5.73 Å². The highest BCUT2D eigenvalue weighted by Gasteiger charge is 2.30. The minimum Gasteiger partial charge on any atom is -0.398 e. The van der Waals surface area contributed by atoms with Crippen LogP contribution >= 0.6 is 0 Å². The standard InChI is InChI=1S/C18H27NSi2/c1-20(2,3)16-12-15(18(13-16)21(4,5)6)11-14-9-7-8-10-17(14)19/h7-13H,19H2,1-6H3/b15-11+. The first-order valence-electron chi connectivity index (χ1n) is 7.60. The van der Waals surface area contributed by atoms with Crippen LogP contribution in [0.15, 0.2) is 52.4 Å². The topological polar surface area (TPSA) is 26.0 Å². The highest BCUT2D eigenvalue weighted by Crippen LogP contribution is 2.36. The lowest BCUT2D eigenvalue weighted by Gasteiger charge is -2.20. The molecule has 0 aromatic heterocycles. The van der Waals surface area contributed by atoms with Crippen molar-refractivity contribution in [3.63, 3.8) is 0 Å². The SMILES string of the molecule is C[Si](C)(C)C1=C/C(=C\c2ccccc2N)C([Si](C)(C)C)=C1. The molecule has 1 nitrogen and oxygen atoms in total. The van der Waals surface area contributed by atoms with Crippen molar-refractivity contribution in [1.29, 1.82) is 0 Å². The molecule has 0 aliphatic heterocycles. The molecule has 21 heavy (non-hydrogen) atoms. The maximum Gasteiger partial charge on any atom is 0.0783 e. The second kappa shape index (κ2) is 5.46. The molecule has 1 aromatic rings. The van der Waals surface area contributed by atoms with Crippen LogP contribution in [-0.4, -0.2) is 16.1 Å². The van der Waals surface area contributed by atoms with Crippen molar-refractivity contribution in [1.82, 2.24) is 0 Å². The largest absolute Gasteiger partial charge is 0.398 e. The molecule has 3 heteroatoms. The normalized spacial score (nSPS) is 17.9. The van der Waals surface area contributed by atoms with E-state index in [1.807, 2.05) is 12.1 Å². The molecule has 0 atom stereocenters. The first-order valence-corrected chi connectivity index (χ1v) is 14.6. The van der Waals surface area contributed by atoms with Gasteiger partial charge in [0.05, 0.1) is 16.1 Å². The molecule has 0 saturated carbocycles. The van der Waals surface area contributed by atoms with Crippen molar-refractivity contribution in [2.24, 2.45) is 0 Å². The number of hydrogen-bond acceptors (Lipinski definition) is 1. The second-order valence-corrected chi connectivity index (χ2v) is 18.0. The molecule has 2 N–H and O–H groups in total. The van der Waals surface area contributed by atoms with Gasteiger partial charge in [0.2, 0.25) is 0 Å². The van der Waals surface area contributed by atoms with E-state index >= 15 is 0 Å². The molecule has 0 fully saturated rings. The number of hydrogen-bond donors (Lipinski definition) is 1. The summed E-state index contributed by atoms with van der Waals surface area (Å²) in [7, 11) is -2.64. The van der Waals surface area contributed by atoms with Gasteiger partial charge in [-0.3, -0.25) is 0 Å². The van der Waals surface area contributed by atoms with Crippen LogP contribution < -0.4 is 5.73 Å². The van der Waals surface area contributed by atoms with Gasteiger partial charge in [0.25, 0.3) is 0 Å². The average Bonchev–Trinajstić information content (AvgIpc) is 2.75. The zero-order valence-electron chi connectivity index (χ0n) is 14.1. The molecule has 2 rings (SSSR count). The lowest BCUT2D eigenvalue weighted by Crippen LogP contribution is -2.25. The third-order valence-corrected chi connectivity index (χ3v) is 7.97. The highest BCUT2D eigenvalue weighted by molar-refractivity contribution is 6.87. The molecule has 1 aliphatic carbocycles. The summed E-state index contributed by atoms with van der Waals surface area (Å²) in [5.74, 6) is 0. The third kappa shape index (κ3) is 3.66. The quantitative estimate of drug-likeness (QED) is 0.597. The summed E-state index contributed by atoms with van der Waals surface area (Å²) in [6.45, 7) is 14.5. The predicted octanol–water partition coefficient (Wildman–Crippen LogP) is 5.27. The Hall–Kier alpha value is -1.33. The van der Waals surface area contributed by atoms with Gasteiger partial charge in [-0.05, 0) is 23.3 Å². The van der Waals surface area contributed by atoms with E-state index in [1.165, 1.54) is 5.57 Å². The van der Waals surface area contributed by atoms with Crippen LogP contribution in [0.5, 0.6) is 0 Å². The van der Waals surface area contributed by atoms with Crippen LogP contribution in [0.1, 0.15) is 5.56 Å². The first kappa shape index (κ1) is 16.1. The van der Waals surface area contributed by atoms with Gasteiger partial charge >= 0.3 is 0 Å². The van der Waals surface area contributed by atoms with E-state index in [0.29, 0.717) is 0 Å². The molecule has 0 radical (unpaired) electrons. The minimum atomic E-state index is -1.36. The molecule has 0 amide bonds. The fourth-order valence-electron chi connectivity index (χ4n) is 2.54. The molecule has 1 aromatic carbocycles. The summed E-state index contributed by atoms with van der Waals surface area (Å²) in [5, 5.41) is 3.11. The fourth-order valence-corrected chi connectivity index (χ4v) is 5.45. The molecule has 0 saturated heterocycles. The number of rotatable bonds is 3. The zero-order valence-corrected chi connectivity index (χ0v) is 16.1. The van der Waals surface area contributed by atoms with Gasteiger partial charge in [-0.1, -0.05) is 80.0 Å². The van der Waals surface area contributed by atoms with Gasteiger partial charge in [-0.15, -0.1) is 0 Å². The summed E-state index contributed by atoms with van der Waals surface area (Å²) >= 11 is 0. The molecular formula is C18H27NSi2. The van der Waals surface area contributed by atoms with Gasteiger partial charge in [0.15, 0.2) is 0 Å². The number of nitrogen functional groups attached to an aromatic ring is 1. The molecule has 112 valence electrons. The Morgan fingerprint density at radius 3 is 2.00 bits per heavy atom. The predicted molar refractivity (Wildman–Crippen MR) is 102 cm³/mol. The average molecular weight is 314 g/mol. The Bertz CT molecular complexity index is 638. The molecule has 0 bridgehead atoms. The van der Waals surface area contributed by atoms with Crippen LogP contribution in [0.25, 0.3) is 6.08 Å². The van der Waals surface area contributed by atoms with Gasteiger partial charge in [0, 0.05) is 5.69 Å². The lowest BCUT2D eigenvalue weighted by atomic mass is 10.1. The maximum atomic E-state index is 6.11. The molecule has 0 spiro atoms. The van der Waals surface area contributed by atoms with Crippen molar-refractivity contribution in [3.8, 4) is 0 Å². The highest BCUT2D eigenvalue weighted by atomic mass is 28.3. The summed E-state index contributed by atoms with van der Waals surface area (Å²) in [6, 6.07) is 8.12. The van der Waals surface area contributed by atoms with Crippen LogP contribution in [-0.2, 0) is 0 Å². The third-order valence-electron chi connectivity index (χ3n) is 3.90. The van der Waals surface area contributed by atoms with Crippen molar-refractivity contribution >= 4 is 27.9 Å². The number of benzene rings is 1. The van der Waals surface area contributed by atoms with Crippen molar-refractivity contribution in [2.45, 2.75) is 39.3 Å². The molecule has 1 aliphatic rings. The second-order valence-electron chi connectivity index (χ2n) is 7.89. The first-order chi connectivity index (χ1) is 9.59. The lowest BCUT2D eigenvalue weighted by molar-refractivity contribution is 1.58. The fraction of sp³-hybridized carbons (Fsp3) is 0.333. The summed E-state index contributed by atoms with van der Waals surface area (Å²) in [4.78, 5) is 0. The summed E-state index contributed by atoms with van der Waals surface area (Å²) < 4.78 is 0. The van der Waals surface area contributed by atoms with E-state index in [2.05, 4.69) is 69.6 Å². The summed E-state index contributed by atoms with van der Waals surface area (Å²) in [5.41, 5.74) is 9.47. The van der Waals surface area contributed by atoms with Crippen LogP contribution in [0, 0.1) is 0 Å². The summed E-state index contributed by atoms with van der Waals surface area (Å²) in [6.07, 6.45) is 7.15. The van der Waals surface area contributed by atoms with Crippen LogP contribution in [0.2, 0.25) is 39.3 Å². The Morgan fingerprint density at radius 1 is 0.857 bits per heavy atom. The Kier molecular flexibility index (Phi) is 4.18. The van der Waals surface area contributed by atoms with E-state index in [1.54, 1.807) is 10.4 Å². The van der Waals surface area contributed by atoms with Crippen molar-refractivity contribution in [3.05, 3.63) is 57.9 Å². The Labute approximate surface area is 131 Å². The van der Waals surface area contributed by atoms with Gasteiger partial charge in [-0.25, -0.2) is 0 Å². The zero-order chi connectivity index (χ0) is 15.8. The maximum absolute atomic E-state index is 6.11. The molecule has 0 unspecified atom stereocenters. The van der Waals surface area contributed by atoms with E-state index < -0.39 is 16.1 Å². The minimum absolute atomic E-state index is 0.856. The van der Waals surface area contributed by atoms with E-state index in [9.17, 15) is 0 Å². The van der Waals surface area contributed by atoms with Crippen LogP contribution in [0.3, 0.4) is 0 Å². The van der Waals surface area contributed by atoms with Crippen molar-refractivity contribution < 1.29 is 0 Å². The van der Waals surface area contributed by atoms with Gasteiger partial charge in [-0.2, -0.15) is 0 Å². The Morgan fingerprint density at radius 2 is 1.48 bits per heavy atom. The van der Waals surface area contributed by atoms with Gasteiger partial charge in [0.1, 0.15) is 0 Å². The number of anilines is 1. The Balaban J connectivity index is 2.53. The monoisotopic (exact) mass is 313 g/mol. The van der Waals surface area contributed by atoms with E-state index in [4.69, 9.17) is 5.73 Å². The molecule has 0 heterocycles. The number of nitrogens with two attached hydrogens (primary N) is 1.